The summed E-state index contributed by atoms with van der Waals surface area (Å²) in [6.07, 6.45) is 0. The van der Waals surface area contributed by atoms with E-state index in [9.17, 15) is 4.79 Å². The number of carbonyl (C=O) groups is 1. The van der Waals surface area contributed by atoms with Gasteiger partial charge in [-0.1, -0.05) is 31.7 Å². The van der Waals surface area contributed by atoms with Gasteiger partial charge < -0.3 is 5.11 Å². The third-order valence-electron chi connectivity index (χ3n) is 2.38. The van der Waals surface area contributed by atoms with Gasteiger partial charge in [0.25, 0.3) is 0 Å². The van der Waals surface area contributed by atoms with Crippen molar-refractivity contribution in [2.24, 2.45) is 0 Å². The number of carboxylic acid groups (broad SMARTS) is 1. The average molecular weight is 267 g/mol. The molecule has 1 aromatic carbocycles. The van der Waals surface area contributed by atoms with E-state index >= 15 is 0 Å². The van der Waals surface area contributed by atoms with Crippen LogP contribution in [-0.2, 0) is 4.79 Å². The molecule has 1 N–H and O–H groups in total. The largest absolute Gasteiger partial charge is 0.481 e. The quantitative estimate of drug-likeness (QED) is 0.860. The normalized spacial score (nSPS) is 11.2. The van der Waals surface area contributed by atoms with Crippen LogP contribution in [-0.4, -0.2) is 21.8 Å². The second-order valence-corrected chi connectivity index (χ2v) is 6.30. The van der Waals surface area contributed by atoms with E-state index in [1.165, 1.54) is 17.3 Å². The second kappa shape index (κ2) is 5.06. The first-order valence-corrected chi connectivity index (χ1v) is 7.11. The zero-order valence-electron chi connectivity index (χ0n) is 9.64. The van der Waals surface area contributed by atoms with Crippen molar-refractivity contribution in [3.05, 3.63) is 23.8 Å². The molecule has 0 radical (unpaired) electrons. The Morgan fingerprint density at radius 3 is 2.94 bits per heavy atom. The Labute approximate surface area is 108 Å². The molecule has 90 valence electrons. The highest BCUT2D eigenvalue weighted by Crippen LogP contribution is 2.31. The summed E-state index contributed by atoms with van der Waals surface area (Å²) in [6, 6.07) is 6.23. The first-order valence-electron chi connectivity index (χ1n) is 5.31. The molecule has 0 atom stereocenters. The Balaban J connectivity index is 2.27. The highest BCUT2D eigenvalue weighted by molar-refractivity contribution is 8.01. The molecule has 2 rings (SSSR count). The van der Waals surface area contributed by atoms with E-state index in [2.05, 4.69) is 31.0 Å². The van der Waals surface area contributed by atoms with Gasteiger partial charge in [-0.3, -0.25) is 4.79 Å². The molecular formula is C12H13NO2S2. The van der Waals surface area contributed by atoms with Crippen LogP contribution in [0.2, 0.25) is 0 Å². The van der Waals surface area contributed by atoms with Crippen LogP contribution in [0.15, 0.2) is 22.5 Å². The zero-order chi connectivity index (χ0) is 12.4. The number of thiazole rings is 1. The number of hydrogen-bond donors (Lipinski definition) is 1. The monoisotopic (exact) mass is 267 g/mol. The minimum absolute atomic E-state index is 0.0663. The van der Waals surface area contributed by atoms with E-state index < -0.39 is 5.97 Å². The van der Waals surface area contributed by atoms with Crippen LogP contribution in [0.4, 0.5) is 0 Å². The Hall–Kier alpha value is -1.07. The minimum atomic E-state index is -0.808. The average Bonchev–Trinajstić information content (AvgIpc) is 2.67. The highest BCUT2D eigenvalue weighted by Gasteiger charge is 2.08. The van der Waals surface area contributed by atoms with Crippen molar-refractivity contribution in [2.75, 3.05) is 5.75 Å². The summed E-state index contributed by atoms with van der Waals surface area (Å²) in [7, 11) is 0. The van der Waals surface area contributed by atoms with E-state index in [1.807, 2.05) is 6.07 Å². The third kappa shape index (κ3) is 2.98. The summed E-state index contributed by atoms with van der Waals surface area (Å²) >= 11 is 2.84. The fourth-order valence-electron chi connectivity index (χ4n) is 1.46. The Kier molecular flexibility index (Phi) is 3.69. The number of nitrogens with zero attached hydrogens (tertiary/aromatic N) is 1. The zero-order valence-corrected chi connectivity index (χ0v) is 11.3. The molecule has 0 unspecified atom stereocenters. The molecule has 0 saturated heterocycles. The molecule has 17 heavy (non-hydrogen) atoms. The third-order valence-corrected chi connectivity index (χ3v) is 4.52. The maximum Gasteiger partial charge on any atom is 0.313 e. The lowest BCUT2D eigenvalue weighted by Gasteiger charge is -2.03. The van der Waals surface area contributed by atoms with Crippen LogP contribution < -0.4 is 0 Å². The lowest BCUT2D eigenvalue weighted by atomic mass is 10.0. The molecule has 3 nitrogen and oxygen atoms in total. The van der Waals surface area contributed by atoms with Gasteiger partial charge in [0.15, 0.2) is 4.34 Å². The van der Waals surface area contributed by atoms with Crippen molar-refractivity contribution in [3.63, 3.8) is 0 Å². The topological polar surface area (TPSA) is 50.2 Å². The summed E-state index contributed by atoms with van der Waals surface area (Å²) in [5, 5.41) is 8.62. The summed E-state index contributed by atoms with van der Waals surface area (Å²) in [5.41, 5.74) is 2.24. The number of benzene rings is 1. The van der Waals surface area contributed by atoms with Crippen LogP contribution in [0.1, 0.15) is 25.3 Å². The van der Waals surface area contributed by atoms with Gasteiger partial charge in [0, 0.05) is 0 Å². The number of thioether (sulfide) groups is 1. The van der Waals surface area contributed by atoms with Crippen molar-refractivity contribution in [1.82, 2.24) is 4.98 Å². The molecule has 5 heteroatoms. The highest BCUT2D eigenvalue weighted by atomic mass is 32.2. The number of carboxylic acids is 1. The van der Waals surface area contributed by atoms with Crippen molar-refractivity contribution < 1.29 is 9.90 Å². The minimum Gasteiger partial charge on any atom is -0.481 e. The van der Waals surface area contributed by atoms with Crippen molar-refractivity contribution >= 4 is 39.3 Å². The van der Waals surface area contributed by atoms with E-state index in [-0.39, 0.29) is 5.75 Å². The van der Waals surface area contributed by atoms with Gasteiger partial charge in [0.05, 0.1) is 16.0 Å². The van der Waals surface area contributed by atoms with E-state index in [1.54, 1.807) is 11.3 Å². The predicted molar refractivity (Wildman–Crippen MR) is 72.1 cm³/mol. The van der Waals surface area contributed by atoms with Gasteiger partial charge in [-0.15, -0.1) is 11.3 Å². The Morgan fingerprint density at radius 1 is 1.53 bits per heavy atom. The van der Waals surface area contributed by atoms with E-state index in [0.29, 0.717) is 5.92 Å². The predicted octanol–water partition coefficient (Wildman–Crippen LogP) is 3.60. The molecule has 0 spiro atoms. The van der Waals surface area contributed by atoms with Gasteiger partial charge in [-0.2, -0.15) is 0 Å². The Bertz CT molecular complexity index is 548. The standard InChI is InChI=1S/C12H13NO2S2/c1-7(2)8-3-4-9-10(5-8)17-12(13-9)16-6-11(14)15/h3-5,7H,6H2,1-2H3,(H,14,15). The molecule has 1 heterocycles. The van der Waals surface area contributed by atoms with Crippen LogP contribution in [0, 0.1) is 0 Å². The summed E-state index contributed by atoms with van der Waals surface area (Å²) < 4.78 is 1.95. The number of aromatic nitrogens is 1. The SMILES string of the molecule is CC(C)c1ccc2nc(SCC(=O)O)sc2c1. The van der Waals surface area contributed by atoms with Crippen LogP contribution in [0.3, 0.4) is 0 Å². The van der Waals surface area contributed by atoms with Crippen molar-refractivity contribution in [2.45, 2.75) is 24.1 Å². The molecule has 0 aliphatic carbocycles. The molecule has 0 aliphatic heterocycles. The number of rotatable bonds is 4. The molecule has 1 aromatic heterocycles. The molecule has 0 aliphatic rings. The van der Waals surface area contributed by atoms with Crippen molar-refractivity contribution in [1.29, 1.82) is 0 Å². The van der Waals surface area contributed by atoms with E-state index in [0.717, 1.165) is 14.6 Å². The van der Waals surface area contributed by atoms with Gasteiger partial charge in [-0.05, 0) is 23.6 Å². The molecule has 0 saturated carbocycles. The van der Waals surface area contributed by atoms with Gasteiger partial charge in [0.2, 0.25) is 0 Å². The first-order chi connectivity index (χ1) is 8.06. The fraction of sp³-hybridized carbons (Fsp3) is 0.333. The molecule has 0 fully saturated rings. The summed E-state index contributed by atoms with van der Waals surface area (Å²) in [5.74, 6) is -0.245. The summed E-state index contributed by atoms with van der Waals surface area (Å²) in [4.78, 5) is 14.9. The van der Waals surface area contributed by atoms with Gasteiger partial charge in [-0.25, -0.2) is 4.98 Å². The molecular weight excluding hydrogens is 254 g/mol. The molecule has 0 amide bonds. The fourth-order valence-corrected chi connectivity index (χ4v) is 3.30. The van der Waals surface area contributed by atoms with Crippen molar-refractivity contribution in [3.8, 4) is 0 Å². The number of fused-ring (bicyclic) bond motifs is 1. The van der Waals surface area contributed by atoms with Crippen LogP contribution in [0.5, 0.6) is 0 Å². The lowest BCUT2D eigenvalue weighted by Crippen LogP contribution is -1.96. The summed E-state index contributed by atoms with van der Waals surface area (Å²) in [6.45, 7) is 4.31. The van der Waals surface area contributed by atoms with Crippen LogP contribution in [0.25, 0.3) is 10.2 Å². The van der Waals surface area contributed by atoms with E-state index in [4.69, 9.17) is 5.11 Å². The second-order valence-electron chi connectivity index (χ2n) is 4.04. The number of aliphatic carboxylic acids is 1. The number of hydrogen-bond acceptors (Lipinski definition) is 4. The van der Waals surface area contributed by atoms with Gasteiger partial charge in [0.1, 0.15) is 0 Å². The lowest BCUT2D eigenvalue weighted by molar-refractivity contribution is -0.133. The maximum absolute atomic E-state index is 10.5. The van der Waals surface area contributed by atoms with Gasteiger partial charge >= 0.3 is 5.97 Å². The Morgan fingerprint density at radius 2 is 2.29 bits per heavy atom. The van der Waals surface area contributed by atoms with Crippen LogP contribution >= 0.6 is 23.1 Å². The smallest absolute Gasteiger partial charge is 0.313 e. The first kappa shape index (κ1) is 12.4. The molecule has 2 aromatic rings. The maximum atomic E-state index is 10.5. The molecule has 0 bridgehead atoms.